The van der Waals surface area contributed by atoms with Gasteiger partial charge in [-0.05, 0) is 53.8 Å². The van der Waals surface area contributed by atoms with Crippen molar-refractivity contribution in [3.05, 3.63) is 98.1 Å². The lowest BCUT2D eigenvalue weighted by Gasteiger charge is -2.16. The van der Waals surface area contributed by atoms with E-state index in [1.54, 1.807) is 22.8 Å². The number of hydrogen-bond donors (Lipinski definition) is 1. The van der Waals surface area contributed by atoms with Crippen molar-refractivity contribution >= 4 is 23.0 Å². The largest absolute Gasteiger partial charge is 0.465 e. The van der Waals surface area contributed by atoms with Crippen molar-refractivity contribution in [3.63, 3.8) is 0 Å². The highest BCUT2D eigenvalue weighted by atomic mass is 17.0. The lowest BCUT2D eigenvalue weighted by Crippen LogP contribution is -2.25. The molecular weight excluding hydrogens is 672 g/mol. The molecule has 0 saturated heterocycles. The van der Waals surface area contributed by atoms with Crippen molar-refractivity contribution < 1.29 is 43.6 Å². The highest BCUT2D eigenvalue weighted by Crippen LogP contribution is 2.31. The van der Waals surface area contributed by atoms with E-state index in [0.717, 1.165) is 22.3 Å². The van der Waals surface area contributed by atoms with Gasteiger partial charge in [0.1, 0.15) is 12.7 Å². The number of esters is 2. The van der Waals surface area contributed by atoms with Crippen LogP contribution in [0.5, 0.6) is 6.01 Å². The van der Waals surface area contributed by atoms with E-state index in [4.69, 9.17) is 14.2 Å². The van der Waals surface area contributed by atoms with Gasteiger partial charge in [0, 0.05) is 18.9 Å². The molecule has 5 aromatic rings. The van der Waals surface area contributed by atoms with Crippen LogP contribution in [-0.2, 0) is 30.5 Å². The van der Waals surface area contributed by atoms with E-state index in [1.807, 2.05) is 55.5 Å². The Morgan fingerprint density at radius 2 is 1.73 bits per heavy atom. The summed E-state index contributed by atoms with van der Waals surface area (Å²) in [5.74, 6) is -1.08. The molecule has 0 aliphatic carbocycles. The second kappa shape index (κ2) is 16.6. The minimum atomic E-state index is -1.30. The summed E-state index contributed by atoms with van der Waals surface area (Å²) in [6.07, 6.45) is -2.89. The molecule has 19 nitrogen and oxygen atoms in total. The van der Waals surface area contributed by atoms with Gasteiger partial charge in [-0.1, -0.05) is 54.6 Å². The topological polar surface area (TPSA) is 239 Å². The van der Waals surface area contributed by atoms with E-state index in [0.29, 0.717) is 36.0 Å². The first-order valence-corrected chi connectivity index (χ1v) is 15.7. The lowest BCUT2D eigenvalue weighted by atomic mass is 9.98. The molecule has 266 valence electrons. The number of hydrogen-bond acceptors (Lipinski definition) is 15. The molecule has 1 N–H and O–H groups in total. The first kappa shape index (κ1) is 35.6. The fourth-order valence-corrected chi connectivity index (χ4v) is 5.28. The van der Waals surface area contributed by atoms with Crippen molar-refractivity contribution in [1.29, 1.82) is 0 Å². The van der Waals surface area contributed by atoms with E-state index >= 15 is 0 Å². The molecule has 3 aromatic carbocycles. The van der Waals surface area contributed by atoms with Crippen LogP contribution in [0, 0.1) is 20.2 Å². The minimum Gasteiger partial charge on any atom is -0.465 e. The molecule has 0 spiro atoms. The van der Waals surface area contributed by atoms with Crippen LogP contribution in [-0.4, -0.2) is 77.9 Å². The van der Waals surface area contributed by atoms with Crippen LogP contribution < -0.4 is 4.74 Å². The third kappa shape index (κ3) is 9.28. The van der Waals surface area contributed by atoms with Gasteiger partial charge in [-0.2, -0.15) is 10.2 Å². The minimum absolute atomic E-state index is 0.0179. The molecule has 19 heteroatoms. The van der Waals surface area contributed by atoms with Gasteiger partial charge >= 0.3 is 11.9 Å². The van der Waals surface area contributed by atoms with Crippen LogP contribution in [0.15, 0.2) is 66.7 Å². The van der Waals surface area contributed by atoms with E-state index in [-0.39, 0.29) is 24.8 Å². The molecule has 2 heterocycles. The predicted molar refractivity (Wildman–Crippen MR) is 175 cm³/mol. The second-order valence-corrected chi connectivity index (χ2v) is 10.9. The van der Waals surface area contributed by atoms with Gasteiger partial charge < -0.3 is 23.9 Å². The zero-order valence-corrected chi connectivity index (χ0v) is 27.4. The molecule has 1 unspecified atom stereocenters. The zero-order valence-electron chi connectivity index (χ0n) is 27.4. The molecule has 51 heavy (non-hydrogen) atoms. The average molecular weight is 705 g/mol. The van der Waals surface area contributed by atoms with Crippen LogP contribution in [0.4, 0.5) is 0 Å². The summed E-state index contributed by atoms with van der Waals surface area (Å²) in [5, 5.41) is 33.2. The number of benzene rings is 3. The Kier molecular flexibility index (Phi) is 11.6. The maximum atomic E-state index is 13.4. The van der Waals surface area contributed by atoms with Gasteiger partial charge in [0.05, 0.1) is 29.7 Å². The standard InChI is InChI=1S/C32H32N8O11/c1-3-47-32-33-27-12-7-11-26(31(42)50-20(2)49-28(41)13-6-8-23(51-40(45)46)19-48-39(43)44)29(27)38(32)18-21-14-16-22(17-15-21)24-9-4-5-10-25(24)30-34-36-37-35-30/h4-5,7,9-12,14-17,20,23H,3,6,8,13,18-19H2,1-2H3,(H,34,35,36,37)/t20?,23-/m1/s1. The third-order valence-electron chi connectivity index (χ3n) is 7.42. The molecule has 0 aliphatic rings. The van der Waals surface area contributed by atoms with Crippen molar-refractivity contribution in [3.8, 4) is 28.5 Å². The zero-order chi connectivity index (χ0) is 36.3. The highest BCUT2D eigenvalue weighted by molar-refractivity contribution is 6.02. The Bertz CT molecular complexity index is 1980. The monoisotopic (exact) mass is 704 g/mol. The number of tetrazole rings is 1. The summed E-state index contributed by atoms with van der Waals surface area (Å²) >= 11 is 0. The van der Waals surface area contributed by atoms with Gasteiger partial charge in [-0.15, -0.1) is 30.4 Å². The van der Waals surface area contributed by atoms with E-state index < -0.39 is 41.1 Å². The van der Waals surface area contributed by atoms with Crippen LogP contribution in [0.3, 0.4) is 0 Å². The Hall–Kier alpha value is -6.66. The number of imidazole rings is 1. The van der Waals surface area contributed by atoms with Crippen molar-refractivity contribution in [1.82, 2.24) is 30.2 Å². The number of aromatic amines is 1. The molecule has 2 aromatic heterocycles. The number of para-hydroxylation sites is 1. The molecule has 0 fully saturated rings. The van der Waals surface area contributed by atoms with Crippen LogP contribution >= 0.6 is 0 Å². The van der Waals surface area contributed by atoms with Gasteiger partial charge in [0.25, 0.3) is 16.2 Å². The summed E-state index contributed by atoms with van der Waals surface area (Å²) in [4.78, 5) is 60.0. The Balaban J connectivity index is 1.27. The first-order valence-electron chi connectivity index (χ1n) is 15.7. The summed E-state index contributed by atoms with van der Waals surface area (Å²) < 4.78 is 18.3. The summed E-state index contributed by atoms with van der Waals surface area (Å²) in [6, 6.07) is 20.8. The summed E-state index contributed by atoms with van der Waals surface area (Å²) in [5.41, 5.74) is 4.64. The molecule has 0 saturated carbocycles. The normalized spacial score (nSPS) is 12.1. The van der Waals surface area contributed by atoms with Gasteiger partial charge in [-0.25, -0.2) is 4.79 Å². The van der Waals surface area contributed by atoms with Crippen molar-refractivity contribution in [2.24, 2.45) is 0 Å². The third-order valence-corrected chi connectivity index (χ3v) is 7.42. The smallest absolute Gasteiger partial charge is 0.343 e. The van der Waals surface area contributed by atoms with Gasteiger partial charge in [-0.3, -0.25) is 9.36 Å². The summed E-state index contributed by atoms with van der Waals surface area (Å²) in [6.45, 7) is 3.11. The molecule has 2 atom stereocenters. The van der Waals surface area contributed by atoms with Gasteiger partial charge in [0.15, 0.2) is 0 Å². The maximum Gasteiger partial charge on any atom is 0.343 e. The fraction of sp³-hybridized carbons (Fsp3) is 0.312. The SMILES string of the molecule is CCOc1nc2cccc(C(=O)OC(C)OC(=O)CCC[C@H](CO[N+](=O)[O-])O[N+](=O)[O-])c2n1Cc1ccc(-c2ccccc2-c2nn[nH]n2)cc1. The number of rotatable bonds is 18. The van der Waals surface area contributed by atoms with Crippen molar-refractivity contribution in [2.75, 3.05) is 13.2 Å². The van der Waals surface area contributed by atoms with Crippen LogP contribution in [0.1, 0.15) is 49.0 Å². The predicted octanol–water partition coefficient (Wildman–Crippen LogP) is 4.33. The Labute approximate surface area is 288 Å². The van der Waals surface area contributed by atoms with E-state index in [1.165, 1.54) is 6.92 Å². The quantitative estimate of drug-likeness (QED) is 0.0578. The number of carbonyl (C=O) groups is 2. The first-order chi connectivity index (χ1) is 24.6. The second-order valence-electron chi connectivity index (χ2n) is 10.9. The number of fused-ring (bicyclic) bond motifs is 1. The van der Waals surface area contributed by atoms with Crippen LogP contribution in [0.2, 0.25) is 0 Å². The number of aromatic nitrogens is 6. The van der Waals surface area contributed by atoms with E-state index in [2.05, 4.69) is 35.3 Å². The molecule has 5 rings (SSSR count). The van der Waals surface area contributed by atoms with E-state index in [9.17, 15) is 29.8 Å². The number of nitrogens with one attached hydrogen (secondary N) is 1. The number of ether oxygens (including phenoxy) is 3. The molecule has 0 amide bonds. The maximum absolute atomic E-state index is 13.4. The molecule has 0 bridgehead atoms. The molecule has 0 radical (unpaired) electrons. The average Bonchev–Trinajstić information content (AvgIpc) is 3.76. The molecular formula is C32H32N8O11. The highest BCUT2D eigenvalue weighted by Gasteiger charge is 2.24. The Morgan fingerprint density at radius 1 is 0.961 bits per heavy atom. The lowest BCUT2D eigenvalue weighted by molar-refractivity contribution is -0.790. The number of nitrogens with zero attached hydrogens (tertiary/aromatic N) is 7. The fourth-order valence-electron chi connectivity index (χ4n) is 5.28. The van der Waals surface area contributed by atoms with Gasteiger partial charge in [0.2, 0.25) is 12.1 Å². The number of carbonyl (C=O) groups excluding carboxylic acids is 2. The number of H-pyrrole nitrogens is 1. The van der Waals surface area contributed by atoms with Crippen molar-refractivity contribution in [2.45, 2.75) is 52.0 Å². The molecule has 0 aliphatic heterocycles. The van der Waals surface area contributed by atoms with Crippen LogP contribution in [0.25, 0.3) is 33.5 Å². The summed E-state index contributed by atoms with van der Waals surface area (Å²) in [7, 11) is 0. The Morgan fingerprint density at radius 3 is 2.41 bits per heavy atom.